The van der Waals surface area contributed by atoms with Gasteiger partial charge in [-0.05, 0) is 43.7 Å². The van der Waals surface area contributed by atoms with Crippen molar-refractivity contribution in [3.05, 3.63) is 51.9 Å². The number of imide groups is 1. The fourth-order valence-electron chi connectivity index (χ4n) is 4.09. The van der Waals surface area contributed by atoms with Crippen LogP contribution in [0.2, 0.25) is 0 Å². The van der Waals surface area contributed by atoms with Gasteiger partial charge in [-0.3, -0.25) is 14.5 Å². The van der Waals surface area contributed by atoms with E-state index in [1.54, 1.807) is 31.2 Å². The zero-order valence-electron chi connectivity index (χ0n) is 17.3. The van der Waals surface area contributed by atoms with E-state index in [0.29, 0.717) is 16.1 Å². The normalized spacial score (nSPS) is 20.3. The summed E-state index contributed by atoms with van der Waals surface area (Å²) >= 11 is 1.35. The number of nitrogens with one attached hydrogen (secondary N) is 2. The molecule has 1 atom stereocenters. The van der Waals surface area contributed by atoms with Crippen LogP contribution in [0.15, 0.2) is 30.3 Å². The molecule has 1 aromatic heterocycles. The van der Waals surface area contributed by atoms with E-state index in [1.807, 2.05) is 6.07 Å². The predicted octanol–water partition coefficient (Wildman–Crippen LogP) is 2.82. The molecule has 2 N–H and O–H groups in total. The zero-order valence-corrected chi connectivity index (χ0v) is 18.1. The third-order valence-corrected chi connectivity index (χ3v) is 6.95. The third-order valence-electron chi connectivity index (χ3n) is 5.74. The highest BCUT2D eigenvalue weighted by Gasteiger charge is 2.49. The molecule has 2 aliphatic rings. The van der Waals surface area contributed by atoms with Gasteiger partial charge in [-0.25, -0.2) is 9.59 Å². The van der Waals surface area contributed by atoms with Gasteiger partial charge in [0.2, 0.25) is 5.91 Å². The molecule has 9 heteroatoms. The van der Waals surface area contributed by atoms with E-state index in [0.717, 1.165) is 41.0 Å². The van der Waals surface area contributed by atoms with Gasteiger partial charge in [0.05, 0.1) is 12.7 Å². The van der Waals surface area contributed by atoms with Crippen molar-refractivity contribution in [1.82, 2.24) is 10.2 Å². The lowest BCUT2D eigenvalue weighted by atomic mass is 9.92. The number of ether oxygens (including phenoxy) is 1. The van der Waals surface area contributed by atoms with Crippen molar-refractivity contribution in [2.75, 3.05) is 19.0 Å². The molecule has 0 spiro atoms. The Morgan fingerprint density at radius 3 is 2.61 bits per heavy atom. The van der Waals surface area contributed by atoms with Crippen LogP contribution in [0.4, 0.5) is 9.80 Å². The molecule has 1 aliphatic heterocycles. The van der Waals surface area contributed by atoms with Crippen molar-refractivity contribution in [3.63, 3.8) is 0 Å². The molecule has 0 radical (unpaired) electrons. The number of hydrogen-bond acceptors (Lipinski definition) is 6. The predicted molar refractivity (Wildman–Crippen MR) is 115 cm³/mol. The Balaban J connectivity index is 1.53. The zero-order chi connectivity index (χ0) is 22.2. The molecule has 8 nitrogen and oxygen atoms in total. The topological polar surface area (TPSA) is 105 Å². The summed E-state index contributed by atoms with van der Waals surface area (Å²) in [5.74, 6) is -1.55. The Kier molecular flexibility index (Phi) is 5.53. The first-order valence-electron chi connectivity index (χ1n) is 10.1. The number of rotatable bonds is 5. The average molecular weight is 442 g/mol. The van der Waals surface area contributed by atoms with Crippen molar-refractivity contribution >= 4 is 40.2 Å². The number of nitrogens with zero attached hydrogens (tertiary/aromatic N) is 1. The van der Waals surface area contributed by atoms with Crippen LogP contribution < -0.4 is 10.6 Å². The number of carbonyl (C=O) groups excluding carboxylic acids is 4. The van der Waals surface area contributed by atoms with Crippen LogP contribution in [0, 0.1) is 0 Å². The van der Waals surface area contributed by atoms with Gasteiger partial charge in [0.1, 0.15) is 17.1 Å². The molecule has 2 aromatic rings. The summed E-state index contributed by atoms with van der Waals surface area (Å²) in [6.45, 7) is 1.17. The largest absolute Gasteiger partial charge is 0.465 e. The van der Waals surface area contributed by atoms with Gasteiger partial charge in [0.25, 0.3) is 5.91 Å². The highest BCUT2D eigenvalue weighted by molar-refractivity contribution is 7.17. The van der Waals surface area contributed by atoms with Crippen LogP contribution in [-0.2, 0) is 32.7 Å². The number of aryl methyl sites for hydroxylation is 1. The highest BCUT2D eigenvalue weighted by Crippen LogP contribution is 2.38. The molecular formula is C22H23N3O5S. The van der Waals surface area contributed by atoms with E-state index < -0.39 is 35.9 Å². The Morgan fingerprint density at radius 2 is 1.90 bits per heavy atom. The lowest BCUT2D eigenvalue weighted by Crippen LogP contribution is -2.42. The Morgan fingerprint density at radius 1 is 1.19 bits per heavy atom. The van der Waals surface area contributed by atoms with E-state index in [2.05, 4.69) is 10.6 Å². The number of fused-ring (bicyclic) bond motifs is 1. The van der Waals surface area contributed by atoms with Crippen molar-refractivity contribution < 1.29 is 23.9 Å². The lowest BCUT2D eigenvalue weighted by Gasteiger charge is -2.22. The fourth-order valence-corrected chi connectivity index (χ4v) is 5.38. The quantitative estimate of drug-likeness (QED) is 0.548. The summed E-state index contributed by atoms with van der Waals surface area (Å²) in [6.07, 6.45) is 3.61. The molecule has 0 bridgehead atoms. The number of methoxy groups -OCH3 is 1. The van der Waals surface area contributed by atoms with Crippen molar-refractivity contribution in [2.45, 2.75) is 38.1 Å². The summed E-state index contributed by atoms with van der Waals surface area (Å²) in [7, 11) is 1.30. The van der Waals surface area contributed by atoms with Gasteiger partial charge in [0.15, 0.2) is 0 Å². The Bertz CT molecular complexity index is 1060. The smallest absolute Gasteiger partial charge is 0.341 e. The molecule has 2 heterocycles. The average Bonchev–Trinajstić information content (AvgIpc) is 3.24. The fraction of sp³-hybridized carbons (Fsp3) is 0.364. The lowest BCUT2D eigenvalue weighted by molar-refractivity contribution is -0.133. The molecule has 1 aromatic carbocycles. The van der Waals surface area contributed by atoms with Crippen LogP contribution in [0.1, 0.15) is 46.1 Å². The molecule has 0 saturated carbocycles. The monoisotopic (exact) mass is 441 g/mol. The first-order chi connectivity index (χ1) is 14.8. The van der Waals surface area contributed by atoms with Crippen LogP contribution in [0.3, 0.4) is 0 Å². The highest BCUT2D eigenvalue weighted by atomic mass is 32.1. The minimum atomic E-state index is -1.24. The Hall–Kier alpha value is -3.20. The second-order valence-corrected chi connectivity index (χ2v) is 8.87. The van der Waals surface area contributed by atoms with Gasteiger partial charge < -0.3 is 15.4 Å². The molecule has 1 unspecified atom stereocenters. The Labute approximate surface area is 183 Å². The van der Waals surface area contributed by atoms with Crippen LogP contribution in [-0.4, -0.2) is 42.4 Å². The maximum absolute atomic E-state index is 13.0. The summed E-state index contributed by atoms with van der Waals surface area (Å²) in [5, 5.41) is 5.81. The number of carbonyl (C=O) groups is 4. The number of thiophene rings is 1. The molecule has 162 valence electrons. The van der Waals surface area contributed by atoms with Gasteiger partial charge in [-0.1, -0.05) is 30.3 Å². The number of anilines is 1. The number of urea groups is 1. The maximum Gasteiger partial charge on any atom is 0.341 e. The van der Waals surface area contributed by atoms with Crippen LogP contribution >= 0.6 is 11.3 Å². The van der Waals surface area contributed by atoms with E-state index >= 15 is 0 Å². The van der Waals surface area contributed by atoms with Gasteiger partial charge in [-0.2, -0.15) is 0 Å². The van der Waals surface area contributed by atoms with E-state index in [4.69, 9.17) is 4.74 Å². The standard InChI is InChI=1S/C22H23N3O5S/c1-22(13-8-4-3-5-9-13)20(28)25(21(29)24-22)12-16(26)23-18-17(19(27)30-2)14-10-6-7-11-15(14)31-18/h3-5,8-9H,6-7,10-12H2,1-2H3,(H,23,26)(H,24,29). The van der Waals surface area contributed by atoms with Crippen LogP contribution in [0.5, 0.6) is 0 Å². The summed E-state index contributed by atoms with van der Waals surface area (Å²) < 4.78 is 4.91. The van der Waals surface area contributed by atoms with Crippen molar-refractivity contribution in [3.8, 4) is 0 Å². The van der Waals surface area contributed by atoms with Crippen molar-refractivity contribution in [2.24, 2.45) is 0 Å². The summed E-state index contributed by atoms with van der Waals surface area (Å²) in [5.41, 5.74) is 0.694. The molecule has 31 heavy (non-hydrogen) atoms. The number of amides is 4. The molecule has 4 rings (SSSR count). The molecule has 1 aliphatic carbocycles. The van der Waals surface area contributed by atoms with Gasteiger partial charge in [0, 0.05) is 4.88 Å². The first-order valence-corrected chi connectivity index (χ1v) is 10.9. The second-order valence-electron chi connectivity index (χ2n) is 7.77. The number of hydrogen-bond donors (Lipinski definition) is 2. The summed E-state index contributed by atoms with van der Waals surface area (Å²) in [4.78, 5) is 52.5. The minimum Gasteiger partial charge on any atom is -0.465 e. The summed E-state index contributed by atoms with van der Waals surface area (Å²) in [6, 6.07) is 8.25. The SMILES string of the molecule is COC(=O)c1c(NC(=O)CN2C(=O)NC(C)(c3ccccc3)C2=O)sc2c1CCCC2. The maximum atomic E-state index is 13.0. The van der Waals surface area contributed by atoms with E-state index in [-0.39, 0.29) is 0 Å². The number of benzene rings is 1. The molecular weight excluding hydrogens is 418 g/mol. The van der Waals surface area contributed by atoms with Gasteiger partial charge in [-0.15, -0.1) is 11.3 Å². The number of esters is 1. The first kappa shape index (κ1) is 21.0. The second kappa shape index (κ2) is 8.14. The van der Waals surface area contributed by atoms with E-state index in [1.165, 1.54) is 18.4 Å². The van der Waals surface area contributed by atoms with Crippen molar-refractivity contribution in [1.29, 1.82) is 0 Å². The molecule has 1 fully saturated rings. The van der Waals surface area contributed by atoms with Crippen LogP contribution in [0.25, 0.3) is 0 Å². The third kappa shape index (κ3) is 3.69. The van der Waals surface area contributed by atoms with Gasteiger partial charge >= 0.3 is 12.0 Å². The minimum absolute atomic E-state index is 0.377. The molecule has 1 saturated heterocycles. The van der Waals surface area contributed by atoms with E-state index in [9.17, 15) is 19.2 Å². The molecule has 4 amide bonds.